The molecule has 2 N–H and O–H groups in total. The summed E-state index contributed by atoms with van der Waals surface area (Å²) in [5.41, 5.74) is 8.57. The number of carbonyl (C=O) groups is 1. The Morgan fingerprint density at radius 2 is 2.19 bits per heavy atom. The van der Waals surface area contributed by atoms with E-state index in [9.17, 15) is 4.79 Å². The smallest absolute Gasteiger partial charge is 0.229 e. The van der Waals surface area contributed by atoms with Gasteiger partial charge in [0.25, 0.3) is 0 Å². The van der Waals surface area contributed by atoms with E-state index in [0.717, 1.165) is 30.6 Å². The highest BCUT2D eigenvalue weighted by atomic mass is 16.2. The molecule has 1 saturated heterocycles. The third-order valence-electron chi connectivity index (χ3n) is 3.23. The van der Waals surface area contributed by atoms with Gasteiger partial charge in [0.2, 0.25) is 5.91 Å². The van der Waals surface area contributed by atoms with Crippen molar-refractivity contribution in [2.45, 2.75) is 26.7 Å². The highest BCUT2D eigenvalue weighted by Gasteiger charge is 2.26. The lowest BCUT2D eigenvalue weighted by Gasteiger charge is -2.31. The number of hydrogen-bond acceptors (Lipinski definition) is 2. The minimum absolute atomic E-state index is 0.134. The zero-order valence-corrected chi connectivity index (χ0v) is 9.86. The molecule has 1 aliphatic heterocycles. The van der Waals surface area contributed by atoms with Crippen LogP contribution in [0.4, 0.5) is 11.4 Å². The molecule has 1 aromatic rings. The molecule has 0 spiro atoms. The fourth-order valence-corrected chi connectivity index (χ4v) is 2.21. The van der Waals surface area contributed by atoms with Crippen molar-refractivity contribution < 1.29 is 4.79 Å². The van der Waals surface area contributed by atoms with Crippen molar-refractivity contribution in [1.82, 2.24) is 0 Å². The van der Waals surface area contributed by atoms with Gasteiger partial charge in [-0.2, -0.15) is 0 Å². The summed E-state index contributed by atoms with van der Waals surface area (Å²) >= 11 is 0. The van der Waals surface area contributed by atoms with E-state index in [1.54, 1.807) is 0 Å². The van der Waals surface area contributed by atoms with E-state index in [4.69, 9.17) is 5.73 Å². The number of aryl methyl sites for hydroxylation is 1. The maximum Gasteiger partial charge on any atom is 0.229 e. The average Bonchev–Trinajstić information content (AvgIpc) is 2.26. The summed E-state index contributed by atoms with van der Waals surface area (Å²) in [6.45, 7) is 4.82. The van der Waals surface area contributed by atoms with Gasteiger partial charge in [-0.05, 0) is 37.5 Å². The maximum absolute atomic E-state index is 12.1. The van der Waals surface area contributed by atoms with E-state index in [2.05, 4.69) is 0 Å². The van der Waals surface area contributed by atoms with Crippen molar-refractivity contribution >= 4 is 17.3 Å². The van der Waals surface area contributed by atoms with Crippen molar-refractivity contribution in [1.29, 1.82) is 0 Å². The number of benzene rings is 1. The second-order valence-electron chi connectivity index (χ2n) is 4.58. The number of piperidine rings is 1. The first kappa shape index (κ1) is 11.0. The van der Waals surface area contributed by atoms with Crippen molar-refractivity contribution in [3.05, 3.63) is 23.8 Å². The van der Waals surface area contributed by atoms with Crippen molar-refractivity contribution in [2.24, 2.45) is 5.92 Å². The third kappa shape index (κ3) is 1.90. The van der Waals surface area contributed by atoms with E-state index < -0.39 is 0 Å². The Labute approximate surface area is 96.2 Å². The molecule has 1 unspecified atom stereocenters. The summed E-state index contributed by atoms with van der Waals surface area (Å²) in [6, 6.07) is 5.74. The summed E-state index contributed by atoms with van der Waals surface area (Å²) in [6.07, 6.45) is 2.07. The summed E-state index contributed by atoms with van der Waals surface area (Å²) < 4.78 is 0. The Bertz CT molecular complexity index is 414. The molecule has 0 radical (unpaired) electrons. The second kappa shape index (κ2) is 4.16. The number of nitrogen functional groups attached to an aromatic ring is 1. The molecule has 2 rings (SSSR count). The van der Waals surface area contributed by atoms with E-state index in [1.807, 2.05) is 36.9 Å². The van der Waals surface area contributed by atoms with Gasteiger partial charge in [-0.15, -0.1) is 0 Å². The lowest BCUT2D eigenvalue weighted by molar-refractivity contribution is -0.123. The van der Waals surface area contributed by atoms with Crippen LogP contribution < -0.4 is 10.6 Å². The molecule has 86 valence electrons. The molecule has 1 fully saturated rings. The van der Waals surface area contributed by atoms with Gasteiger partial charge in [0.1, 0.15) is 0 Å². The number of rotatable bonds is 1. The van der Waals surface area contributed by atoms with Crippen LogP contribution in [0.1, 0.15) is 25.3 Å². The van der Waals surface area contributed by atoms with E-state index in [-0.39, 0.29) is 11.8 Å². The molecule has 1 heterocycles. The summed E-state index contributed by atoms with van der Waals surface area (Å²) in [5.74, 6) is 0.356. The quantitative estimate of drug-likeness (QED) is 0.735. The van der Waals surface area contributed by atoms with E-state index >= 15 is 0 Å². The number of carbonyl (C=O) groups excluding carboxylic acids is 1. The van der Waals surface area contributed by atoms with Crippen LogP contribution in [0.15, 0.2) is 18.2 Å². The predicted octanol–water partition coefficient (Wildman–Crippen LogP) is 2.34. The maximum atomic E-state index is 12.1. The number of anilines is 2. The van der Waals surface area contributed by atoms with Gasteiger partial charge in [0, 0.05) is 23.8 Å². The van der Waals surface area contributed by atoms with Gasteiger partial charge < -0.3 is 10.6 Å². The summed E-state index contributed by atoms with van der Waals surface area (Å²) in [5, 5.41) is 0. The number of amides is 1. The standard InChI is InChI=1S/C13H18N2O/c1-9-5-6-11(14)8-12(9)15-7-3-4-10(2)13(15)16/h5-6,8,10H,3-4,7,14H2,1-2H3. The highest BCUT2D eigenvalue weighted by molar-refractivity contribution is 5.96. The molecule has 1 atom stereocenters. The minimum Gasteiger partial charge on any atom is -0.399 e. The topological polar surface area (TPSA) is 46.3 Å². The Balaban J connectivity index is 2.35. The van der Waals surface area contributed by atoms with Crippen LogP contribution >= 0.6 is 0 Å². The van der Waals surface area contributed by atoms with E-state index in [0.29, 0.717) is 5.69 Å². The van der Waals surface area contributed by atoms with Gasteiger partial charge in [-0.3, -0.25) is 4.79 Å². The first-order valence-corrected chi connectivity index (χ1v) is 5.77. The first-order valence-electron chi connectivity index (χ1n) is 5.77. The minimum atomic E-state index is 0.134. The molecule has 0 saturated carbocycles. The largest absolute Gasteiger partial charge is 0.399 e. The van der Waals surface area contributed by atoms with Crippen molar-refractivity contribution in [3.63, 3.8) is 0 Å². The Hall–Kier alpha value is -1.51. The van der Waals surface area contributed by atoms with Crippen LogP contribution in [-0.4, -0.2) is 12.5 Å². The third-order valence-corrected chi connectivity index (χ3v) is 3.23. The SMILES string of the molecule is Cc1ccc(N)cc1N1CCCC(C)C1=O. The molecule has 3 heteroatoms. The zero-order chi connectivity index (χ0) is 11.7. The molecule has 3 nitrogen and oxygen atoms in total. The van der Waals surface area contributed by atoms with Gasteiger partial charge in [-0.25, -0.2) is 0 Å². The lowest BCUT2D eigenvalue weighted by Crippen LogP contribution is -2.40. The Morgan fingerprint density at radius 1 is 1.44 bits per heavy atom. The lowest BCUT2D eigenvalue weighted by atomic mass is 9.98. The van der Waals surface area contributed by atoms with Crippen LogP contribution in [-0.2, 0) is 4.79 Å². The second-order valence-corrected chi connectivity index (χ2v) is 4.58. The van der Waals surface area contributed by atoms with Crippen LogP contribution in [0, 0.1) is 12.8 Å². The fourth-order valence-electron chi connectivity index (χ4n) is 2.21. The molecular weight excluding hydrogens is 200 g/mol. The number of hydrogen-bond donors (Lipinski definition) is 1. The molecule has 16 heavy (non-hydrogen) atoms. The molecule has 1 amide bonds. The zero-order valence-electron chi connectivity index (χ0n) is 9.86. The monoisotopic (exact) mass is 218 g/mol. The highest BCUT2D eigenvalue weighted by Crippen LogP contribution is 2.28. The molecule has 1 aromatic carbocycles. The molecule has 0 aromatic heterocycles. The number of nitrogens with two attached hydrogens (primary N) is 1. The first-order chi connectivity index (χ1) is 7.59. The average molecular weight is 218 g/mol. The van der Waals surface area contributed by atoms with Crippen molar-refractivity contribution in [3.8, 4) is 0 Å². The van der Waals surface area contributed by atoms with Gasteiger partial charge >= 0.3 is 0 Å². The normalized spacial score (nSPS) is 21.2. The van der Waals surface area contributed by atoms with Crippen LogP contribution in [0.3, 0.4) is 0 Å². The van der Waals surface area contributed by atoms with Crippen LogP contribution in [0.2, 0.25) is 0 Å². The Kier molecular flexibility index (Phi) is 2.86. The van der Waals surface area contributed by atoms with Crippen LogP contribution in [0.5, 0.6) is 0 Å². The summed E-state index contributed by atoms with van der Waals surface area (Å²) in [7, 11) is 0. The summed E-state index contributed by atoms with van der Waals surface area (Å²) in [4.78, 5) is 13.9. The predicted molar refractivity (Wildman–Crippen MR) is 66.3 cm³/mol. The number of nitrogens with zero attached hydrogens (tertiary/aromatic N) is 1. The fraction of sp³-hybridized carbons (Fsp3) is 0.462. The van der Waals surface area contributed by atoms with Gasteiger partial charge in [0.05, 0.1) is 0 Å². The molecular formula is C13H18N2O. The molecule has 1 aliphatic rings. The Morgan fingerprint density at radius 3 is 2.94 bits per heavy atom. The van der Waals surface area contributed by atoms with E-state index in [1.165, 1.54) is 0 Å². The van der Waals surface area contributed by atoms with Gasteiger partial charge in [-0.1, -0.05) is 13.0 Å². The van der Waals surface area contributed by atoms with Crippen molar-refractivity contribution in [2.75, 3.05) is 17.2 Å². The molecule has 0 aliphatic carbocycles. The van der Waals surface area contributed by atoms with Crippen LogP contribution in [0.25, 0.3) is 0 Å². The molecule has 0 bridgehead atoms. The van der Waals surface area contributed by atoms with Gasteiger partial charge in [0.15, 0.2) is 0 Å².